The molecule has 226 valence electrons. The van der Waals surface area contributed by atoms with Crippen LogP contribution in [0.15, 0.2) is 29.3 Å². The highest BCUT2D eigenvalue weighted by Crippen LogP contribution is 2.34. The molecule has 1 saturated heterocycles. The number of carbonyl (C=O) groups excluding carboxylic acids is 2. The van der Waals surface area contributed by atoms with Gasteiger partial charge in [0.1, 0.15) is 10.7 Å². The largest absolute Gasteiger partial charge is 0.466 e. The topological polar surface area (TPSA) is 113 Å². The van der Waals surface area contributed by atoms with E-state index in [4.69, 9.17) is 4.74 Å². The molecular formula is C26H33F4N5O5S. The minimum Gasteiger partial charge on any atom is -0.466 e. The van der Waals surface area contributed by atoms with Crippen molar-refractivity contribution in [3.63, 3.8) is 0 Å². The van der Waals surface area contributed by atoms with E-state index in [1.54, 1.807) is 11.8 Å². The molecule has 1 aliphatic rings. The first kappa shape index (κ1) is 32.0. The lowest BCUT2D eigenvalue weighted by Crippen LogP contribution is -2.56. The highest BCUT2D eigenvalue weighted by Gasteiger charge is 2.40. The number of benzene rings is 1. The van der Waals surface area contributed by atoms with Gasteiger partial charge < -0.3 is 19.4 Å². The van der Waals surface area contributed by atoms with E-state index in [0.29, 0.717) is 5.69 Å². The first-order valence-electron chi connectivity index (χ1n) is 12.9. The summed E-state index contributed by atoms with van der Waals surface area (Å²) in [6.45, 7) is 6.05. The molecule has 0 saturated carbocycles. The molecule has 1 aromatic heterocycles. The Morgan fingerprint density at radius 3 is 2.49 bits per heavy atom. The maximum Gasteiger partial charge on any atom is 0.434 e. The van der Waals surface area contributed by atoms with Crippen LogP contribution in [0.5, 0.6) is 0 Å². The van der Waals surface area contributed by atoms with Crippen LogP contribution in [-0.4, -0.2) is 87.3 Å². The monoisotopic (exact) mass is 603 g/mol. The van der Waals surface area contributed by atoms with Crippen LogP contribution in [0.4, 0.5) is 29.2 Å². The Kier molecular flexibility index (Phi) is 9.82. The number of piperazine rings is 1. The molecule has 0 unspecified atom stereocenters. The Morgan fingerprint density at radius 1 is 1.22 bits per heavy atom. The first-order valence-corrected chi connectivity index (χ1v) is 14.8. The lowest BCUT2D eigenvalue weighted by Gasteiger charge is -2.44. The summed E-state index contributed by atoms with van der Waals surface area (Å²) in [6, 6.07) is 3.37. The number of nitrogens with zero attached hydrogens (tertiary/aromatic N) is 5. The fourth-order valence-electron chi connectivity index (χ4n) is 4.52. The molecule has 3 rings (SSSR count). The number of rotatable bonds is 9. The summed E-state index contributed by atoms with van der Waals surface area (Å²) in [5.41, 5.74) is -1.68. The van der Waals surface area contributed by atoms with Crippen molar-refractivity contribution in [2.45, 2.75) is 44.3 Å². The van der Waals surface area contributed by atoms with E-state index < -0.39 is 55.9 Å². The highest BCUT2D eigenvalue weighted by molar-refractivity contribution is 7.90. The lowest BCUT2D eigenvalue weighted by atomic mass is 9.99. The Morgan fingerprint density at radius 2 is 1.90 bits per heavy atom. The third-order valence-electron chi connectivity index (χ3n) is 6.70. The number of aromatic nitrogens is 2. The van der Waals surface area contributed by atoms with Gasteiger partial charge in [0.2, 0.25) is 5.95 Å². The van der Waals surface area contributed by atoms with Gasteiger partial charge in [0.25, 0.3) is 5.91 Å². The molecule has 1 fully saturated rings. The summed E-state index contributed by atoms with van der Waals surface area (Å²) >= 11 is 0. The SMILES string of the molecule is CCOC(=O)CCN(C)C(=O)c1cnc(N2CCN(c3ccc(F)c(S(C)(=O)=O)c3)C[C@H]2C(C)C)nc1C(F)(F)F. The fraction of sp³-hybridized carbons (Fsp3) is 0.538. The van der Waals surface area contributed by atoms with Crippen LogP contribution in [0, 0.1) is 11.7 Å². The second-order valence-electron chi connectivity index (χ2n) is 10.0. The fourth-order valence-corrected chi connectivity index (χ4v) is 5.28. The average molecular weight is 604 g/mol. The van der Waals surface area contributed by atoms with Gasteiger partial charge in [0.15, 0.2) is 15.5 Å². The van der Waals surface area contributed by atoms with E-state index in [0.717, 1.165) is 23.4 Å². The van der Waals surface area contributed by atoms with E-state index >= 15 is 0 Å². The van der Waals surface area contributed by atoms with Gasteiger partial charge in [-0.05, 0) is 31.0 Å². The summed E-state index contributed by atoms with van der Waals surface area (Å²) < 4.78 is 85.2. The molecule has 1 aromatic carbocycles. The number of alkyl halides is 3. The molecule has 0 N–H and O–H groups in total. The zero-order valence-electron chi connectivity index (χ0n) is 23.4. The van der Waals surface area contributed by atoms with Crippen LogP contribution in [0.2, 0.25) is 0 Å². The number of hydrogen-bond acceptors (Lipinski definition) is 9. The number of carbonyl (C=O) groups is 2. The van der Waals surface area contributed by atoms with Crippen LogP contribution >= 0.6 is 0 Å². The van der Waals surface area contributed by atoms with Crippen molar-refractivity contribution in [2.24, 2.45) is 5.92 Å². The third kappa shape index (κ3) is 7.63. The van der Waals surface area contributed by atoms with Gasteiger partial charge in [-0.15, -0.1) is 0 Å². The number of sulfone groups is 1. The quantitative estimate of drug-likeness (QED) is 0.314. The number of anilines is 2. The number of amides is 1. The Bertz CT molecular complexity index is 1390. The van der Waals surface area contributed by atoms with Crippen LogP contribution < -0.4 is 9.80 Å². The van der Waals surface area contributed by atoms with Gasteiger partial charge in [-0.1, -0.05) is 13.8 Å². The molecule has 15 heteroatoms. The summed E-state index contributed by atoms with van der Waals surface area (Å²) in [5, 5.41) is 0. The molecule has 10 nitrogen and oxygen atoms in total. The number of ether oxygens (including phenoxy) is 1. The van der Waals surface area contributed by atoms with Crippen LogP contribution in [0.1, 0.15) is 43.2 Å². The molecule has 41 heavy (non-hydrogen) atoms. The Labute approximate surface area is 236 Å². The van der Waals surface area contributed by atoms with Crippen molar-refractivity contribution in [2.75, 3.05) is 55.9 Å². The standard InChI is InChI=1S/C26H33F4N5O5S/c1-6-40-22(36)9-10-33(4)24(37)18-14-31-25(32-23(18)26(28,29)30)35-12-11-34(15-20(35)16(2)3)17-7-8-19(27)21(13-17)41(5,38)39/h7-8,13-14,16,20H,6,9-12,15H2,1-5H3/t20-/m0/s1. The van der Waals surface area contributed by atoms with Crippen molar-refractivity contribution < 1.29 is 40.3 Å². The Balaban J connectivity index is 1.89. The molecule has 0 aliphatic carbocycles. The molecule has 2 heterocycles. The summed E-state index contributed by atoms with van der Waals surface area (Å²) in [5.74, 6) is -2.75. The summed E-state index contributed by atoms with van der Waals surface area (Å²) in [4.78, 5) is 36.4. The second-order valence-corrected chi connectivity index (χ2v) is 12.0. The Hall–Kier alpha value is -3.49. The van der Waals surface area contributed by atoms with E-state index in [2.05, 4.69) is 9.97 Å². The summed E-state index contributed by atoms with van der Waals surface area (Å²) in [7, 11) is -2.55. The number of hydrogen-bond donors (Lipinski definition) is 0. The zero-order chi connectivity index (χ0) is 30.7. The second kappa shape index (κ2) is 12.6. The first-order chi connectivity index (χ1) is 19.0. The predicted molar refractivity (Wildman–Crippen MR) is 143 cm³/mol. The normalized spacial score (nSPS) is 16.2. The van der Waals surface area contributed by atoms with Gasteiger partial charge in [0.05, 0.1) is 24.6 Å². The minimum atomic E-state index is -4.96. The predicted octanol–water partition coefficient (Wildman–Crippen LogP) is 3.41. The molecule has 0 spiro atoms. The highest BCUT2D eigenvalue weighted by atomic mass is 32.2. The van der Waals surface area contributed by atoms with Gasteiger partial charge in [-0.2, -0.15) is 13.2 Å². The van der Waals surface area contributed by atoms with Crippen LogP contribution in [0.3, 0.4) is 0 Å². The van der Waals surface area contributed by atoms with E-state index in [9.17, 15) is 35.6 Å². The number of esters is 1. The van der Waals surface area contributed by atoms with E-state index in [1.165, 1.54) is 19.2 Å². The van der Waals surface area contributed by atoms with Gasteiger partial charge >= 0.3 is 12.1 Å². The average Bonchev–Trinajstić information content (AvgIpc) is 2.90. The van der Waals surface area contributed by atoms with Crippen molar-refractivity contribution in [1.29, 1.82) is 0 Å². The molecule has 1 amide bonds. The van der Waals surface area contributed by atoms with Crippen LogP contribution in [-0.2, 0) is 25.5 Å². The van der Waals surface area contributed by atoms with Gasteiger partial charge in [-0.3, -0.25) is 9.59 Å². The van der Waals surface area contributed by atoms with Gasteiger partial charge in [-0.25, -0.2) is 22.8 Å². The van der Waals surface area contributed by atoms with Crippen LogP contribution in [0.25, 0.3) is 0 Å². The number of halogens is 4. The van der Waals surface area contributed by atoms with Gasteiger partial charge in [0, 0.05) is 51.4 Å². The summed E-state index contributed by atoms with van der Waals surface area (Å²) in [6.07, 6.45) is -3.39. The maximum atomic E-state index is 14.1. The third-order valence-corrected chi connectivity index (χ3v) is 7.81. The molecule has 0 radical (unpaired) electrons. The van der Waals surface area contributed by atoms with E-state index in [-0.39, 0.29) is 51.1 Å². The maximum absolute atomic E-state index is 14.1. The lowest BCUT2D eigenvalue weighted by molar-refractivity contribution is -0.143. The molecule has 1 aliphatic heterocycles. The van der Waals surface area contributed by atoms with E-state index in [1.807, 2.05) is 18.7 Å². The zero-order valence-corrected chi connectivity index (χ0v) is 24.2. The molecule has 0 bridgehead atoms. The van der Waals surface area contributed by atoms with Crippen molar-refractivity contribution in [3.8, 4) is 0 Å². The smallest absolute Gasteiger partial charge is 0.434 e. The molecular weight excluding hydrogens is 570 g/mol. The molecule has 1 atom stereocenters. The van der Waals surface area contributed by atoms with Crippen molar-refractivity contribution >= 4 is 33.3 Å². The van der Waals surface area contributed by atoms with Crippen molar-refractivity contribution in [3.05, 3.63) is 41.5 Å². The van der Waals surface area contributed by atoms with Crippen molar-refractivity contribution in [1.82, 2.24) is 14.9 Å². The minimum absolute atomic E-state index is 0.0964. The molecule has 2 aromatic rings.